The number of rotatable bonds is 3. The molecule has 0 radical (unpaired) electrons. The van der Waals surface area contributed by atoms with Crippen LogP contribution in [0.5, 0.6) is 5.75 Å². The Morgan fingerprint density at radius 2 is 1.95 bits per heavy atom. The predicted molar refractivity (Wildman–Crippen MR) is 79.8 cm³/mol. The molecule has 0 saturated heterocycles. The van der Waals surface area contributed by atoms with Gasteiger partial charge in [0.05, 0.1) is 17.0 Å². The van der Waals surface area contributed by atoms with Gasteiger partial charge in [0, 0.05) is 16.1 Å². The molecule has 5 heteroatoms. The van der Waals surface area contributed by atoms with Gasteiger partial charge in [0.2, 0.25) is 0 Å². The van der Waals surface area contributed by atoms with Gasteiger partial charge in [-0.15, -0.1) is 11.6 Å². The number of alkyl halides is 1. The number of hydrogen-bond acceptors (Lipinski definition) is 1. The average molecular weight is 364 g/mol. The fraction of sp³-hybridized carbons (Fsp3) is 0.143. The molecule has 0 aliphatic carbocycles. The summed E-state index contributed by atoms with van der Waals surface area (Å²) in [6.45, 7) is 0. The van der Waals surface area contributed by atoms with Crippen molar-refractivity contribution in [3.63, 3.8) is 0 Å². The Labute approximate surface area is 129 Å². The number of ether oxygens (including phenoxy) is 1. The summed E-state index contributed by atoms with van der Waals surface area (Å²) < 4.78 is 19.7. The van der Waals surface area contributed by atoms with Crippen molar-refractivity contribution in [2.24, 2.45) is 0 Å². The van der Waals surface area contributed by atoms with Crippen molar-refractivity contribution >= 4 is 39.1 Å². The molecule has 0 amide bonds. The number of hydrogen-bond donors (Lipinski definition) is 0. The Morgan fingerprint density at radius 1 is 1.21 bits per heavy atom. The average Bonchev–Trinajstić information content (AvgIpc) is 2.41. The Morgan fingerprint density at radius 3 is 2.63 bits per heavy atom. The Balaban J connectivity index is 2.52. The van der Waals surface area contributed by atoms with Crippen LogP contribution in [0, 0.1) is 5.82 Å². The lowest BCUT2D eigenvalue weighted by Crippen LogP contribution is -2.00. The molecule has 0 fully saturated rings. The van der Waals surface area contributed by atoms with Crippen molar-refractivity contribution in [2.45, 2.75) is 5.38 Å². The summed E-state index contributed by atoms with van der Waals surface area (Å²) in [5.74, 6) is 0.188. The highest BCUT2D eigenvalue weighted by Crippen LogP contribution is 2.38. The lowest BCUT2D eigenvalue weighted by atomic mass is 10.0. The molecule has 2 rings (SSSR count). The van der Waals surface area contributed by atoms with Gasteiger partial charge in [-0.05, 0) is 40.2 Å². The Bertz CT molecular complexity index is 604. The third-order valence-electron chi connectivity index (χ3n) is 2.72. The van der Waals surface area contributed by atoms with E-state index in [1.165, 1.54) is 7.11 Å². The summed E-state index contributed by atoms with van der Waals surface area (Å²) in [7, 11) is 1.54. The first-order valence-electron chi connectivity index (χ1n) is 5.46. The fourth-order valence-electron chi connectivity index (χ4n) is 1.79. The first-order chi connectivity index (χ1) is 9.04. The molecular formula is C14H10BrCl2FO. The summed E-state index contributed by atoms with van der Waals surface area (Å²) in [5.41, 5.74) is 1.00. The minimum absolute atomic E-state index is 0.372. The standard InChI is InChI=1S/C14H10BrCl2FO/c1-19-12-6-5-8(16)7-10(12)13(17)9-3-2-4-11(15)14(9)18/h2-7,13H,1H3. The van der Waals surface area contributed by atoms with Crippen LogP contribution in [0.4, 0.5) is 4.39 Å². The van der Waals surface area contributed by atoms with Crippen LogP contribution in [0.2, 0.25) is 5.02 Å². The summed E-state index contributed by atoms with van der Waals surface area (Å²) in [5, 5.41) is -0.150. The number of methoxy groups -OCH3 is 1. The van der Waals surface area contributed by atoms with E-state index >= 15 is 0 Å². The fourth-order valence-corrected chi connectivity index (χ4v) is 2.69. The maximum absolute atomic E-state index is 14.1. The Kier molecular flexibility index (Phi) is 4.71. The second kappa shape index (κ2) is 6.12. The zero-order chi connectivity index (χ0) is 14.0. The van der Waals surface area contributed by atoms with Gasteiger partial charge in [-0.25, -0.2) is 4.39 Å². The molecule has 100 valence electrons. The molecule has 0 spiro atoms. The highest BCUT2D eigenvalue weighted by atomic mass is 79.9. The number of halogens is 4. The van der Waals surface area contributed by atoms with E-state index in [4.69, 9.17) is 27.9 Å². The quantitative estimate of drug-likeness (QED) is 0.647. The molecular weight excluding hydrogens is 354 g/mol. The highest BCUT2D eigenvalue weighted by molar-refractivity contribution is 9.10. The summed E-state index contributed by atoms with van der Waals surface area (Å²) in [4.78, 5) is 0. The van der Waals surface area contributed by atoms with Crippen molar-refractivity contribution in [1.82, 2.24) is 0 Å². The van der Waals surface area contributed by atoms with E-state index in [0.29, 0.717) is 26.4 Å². The molecule has 19 heavy (non-hydrogen) atoms. The van der Waals surface area contributed by atoms with Gasteiger partial charge >= 0.3 is 0 Å². The molecule has 0 heterocycles. The van der Waals surface area contributed by atoms with Gasteiger partial charge in [0.15, 0.2) is 0 Å². The lowest BCUT2D eigenvalue weighted by Gasteiger charge is -2.16. The minimum Gasteiger partial charge on any atom is -0.496 e. The number of benzene rings is 2. The molecule has 2 aromatic carbocycles. The molecule has 0 aliphatic heterocycles. The second-order valence-electron chi connectivity index (χ2n) is 3.89. The van der Waals surface area contributed by atoms with Gasteiger partial charge in [-0.3, -0.25) is 0 Å². The SMILES string of the molecule is COc1ccc(Cl)cc1C(Cl)c1cccc(Br)c1F. The molecule has 0 bridgehead atoms. The monoisotopic (exact) mass is 362 g/mol. The molecule has 1 nitrogen and oxygen atoms in total. The van der Waals surface area contributed by atoms with Crippen molar-refractivity contribution in [2.75, 3.05) is 7.11 Å². The van der Waals surface area contributed by atoms with Crippen LogP contribution in [-0.4, -0.2) is 7.11 Å². The normalized spacial score (nSPS) is 12.3. The lowest BCUT2D eigenvalue weighted by molar-refractivity contribution is 0.410. The minimum atomic E-state index is -0.675. The van der Waals surface area contributed by atoms with Gasteiger partial charge in [-0.1, -0.05) is 23.7 Å². The van der Waals surface area contributed by atoms with Gasteiger partial charge in [0.1, 0.15) is 11.6 Å². The van der Waals surface area contributed by atoms with Crippen molar-refractivity contribution in [1.29, 1.82) is 0 Å². The van der Waals surface area contributed by atoms with Crippen LogP contribution < -0.4 is 4.74 Å². The summed E-state index contributed by atoms with van der Waals surface area (Å²) >= 11 is 15.5. The third kappa shape index (κ3) is 3.04. The van der Waals surface area contributed by atoms with Crippen LogP contribution in [0.15, 0.2) is 40.9 Å². The van der Waals surface area contributed by atoms with Crippen LogP contribution in [-0.2, 0) is 0 Å². The van der Waals surface area contributed by atoms with Crippen molar-refractivity contribution in [3.05, 3.63) is 62.8 Å². The Hall–Kier alpha value is -0.770. The largest absolute Gasteiger partial charge is 0.496 e. The molecule has 1 unspecified atom stereocenters. The molecule has 2 aromatic rings. The van der Waals surface area contributed by atoms with E-state index in [2.05, 4.69) is 15.9 Å². The zero-order valence-electron chi connectivity index (χ0n) is 9.96. The van der Waals surface area contributed by atoms with Gasteiger partial charge in [-0.2, -0.15) is 0 Å². The van der Waals surface area contributed by atoms with Crippen molar-refractivity contribution in [3.8, 4) is 5.75 Å². The van der Waals surface area contributed by atoms with E-state index in [0.717, 1.165) is 0 Å². The zero-order valence-corrected chi connectivity index (χ0v) is 13.1. The van der Waals surface area contributed by atoms with Gasteiger partial charge < -0.3 is 4.74 Å². The van der Waals surface area contributed by atoms with Crippen LogP contribution >= 0.6 is 39.1 Å². The van der Waals surface area contributed by atoms with Crippen LogP contribution in [0.3, 0.4) is 0 Å². The molecule has 0 N–H and O–H groups in total. The predicted octanol–water partition coefficient (Wildman–Crippen LogP) is 5.58. The van der Waals surface area contributed by atoms with Crippen LogP contribution in [0.1, 0.15) is 16.5 Å². The van der Waals surface area contributed by atoms with E-state index in [9.17, 15) is 4.39 Å². The third-order valence-corrected chi connectivity index (χ3v) is 4.04. The molecule has 0 saturated carbocycles. The highest BCUT2D eigenvalue weighted by Gasteiger charge is 2.20. The van der Waals surface area contributed by atoms with Gasteiger partial charge in [0.25, 0.3) is 0 Å². The summed E-state index contributed by atoms with van der Waals surface area (Å²) in [6, 6.07) is 10.1. The van der Waals surface area contributed by atoms with Crippen molar-refractivity contribution < 1.29 is 9.13 Å². The first kappa shape index (κ1) is 14.6. The van der Waals surface area contributed by atoms with Crippen LogP contribution in [0.25, 0.3) is 0 Å². The summed E-state index contributed by atoms with van der Waals surface area (Å²) in [6.07, 6.45) is 0. The topological polar surface area (TPSA) is 9.23 Å². The molecule has 1 atom stereocenters. The van der Waals surface area contributed by atoms with E-state index < -0.39 is 5.38 Å². The van der Waals surface area contributed by atoms with E-state index in [1.807, 2.05) is 0 Å². The second-order valence-corrected chi connectivity index (χ2v) is 5.62. The molecule has 0 aromatic heterocycles. The first-order valence-corrected chi connectivity index (χ1v) is 7.06. The maximum Gasteiger partial charge on any atom is 0.142 e. The maximum atomic E-state index is 14.1. The smallest absolute Gasteiger partial charge is 0.142 e. The van der Waals surface area contributed by atoms with E-state index in [-0.39, 0.29) is 5.82 Å². The molecule has 0 aliphatic rings. The van der Waals surface area contributed by atoms with E-state index in [1.54, 1.807) is 36.4 Å².